The Hall–Kier alpha value is -2.33. The molecule has 2 N–H and O–H groups in total. The molecular formula is C19H23N3O. The Bertz CT molecular complexity index is 667. The molecule has 0 saturated carbocycles. The molecule has 0 aromatic heterocycles. The Kier molecular flexibility index (Phi) is 4.93. The van der Waals surface area contributed by atoms with Gasteiger partial charge >= 0.3 is 0 Å². The van der Waals surface area contributed by atoms with Gasteiger partial charge in [0.1, 0.15) is 0 Å². The van der Waals surface area contributed by atoms with Crippen LogP contribution in [0, 0.1) is 6.92 Å². The predicted octanol–water partition coefficient (Wildman–Crippen LogP) is 2.22. The first-order chi connectivity index (χ1) is 11.2. The number of fused-ring (bicyclic) bond motifs is 1. The van der Waals surface area contributed by atoms with Gasteiger partial charge in [0.05, 0.1) is 6.54 Å². The van der Waals surface area contributed by atoms with Crippen LogP contribution in [0.5, 0.6) is 0 Å². The Balaban J connectivity index is 1.60. The van der Waals surface area contributed by atoms with Crippen LogP contribution in [-0.2, 0) is 17.9 Å². The summed E-state index contributed by atoms with van der Waals surface area (Å²) in [5.74, 6) is 0.0577. The highest BCUT2D eigenvalue weighted by atomic mass is 16.2. The van der Waals surface area contributed by atoms with Crippen LogP contribution in [0.2, 0.25) is 0 Å². The van der Waals surface area contributed by atoms with Crippen LogP contribution >= 0.6 is 0 Å². The second-order valence-corrected chi connectivity index (χ2v) is 5.99. The zero-order valence-corrected chi connectivity index (χ0v) is 13.5. The molecule has 0 atom stereocenters. The fourth-order valence-electron chi connectivity index (χ4n) is 2.83. The highest BCUT2D eigenvalue weighted by Gasteiger charge is 2.16. The van der Waals surface area contributed by atoms with E-state index in [1.165, 1.54) is 11.1 Å². The molecule has 120 valence electrons. The highest BCUT2D eigenvalue weighted by Crippen LogP contribution is 2.21. The minimum absolute atomic E-state index is 0.0577. The van der Waals surface area contributed by atoms with E-state index in [9.17, 15) is 4.79 Å². The number of nitrogens with zero attached hydrogens (tertiary/aromatic N) is 1. The van der Waals surface area contributed by atoms with Crippen molar-refractivity contribution in [3.63, 3.8) is 0 Å². The third-order valence-corrected chi connectivity index (χ3v) is 4.15. The zero-order valence-electron chi connectivity index (χ0n) is 13.5. The Labute approximate surface area is 137 Å². The van der Waals surface area contributed by atoms with E-state index in [2.05, 4.69) is 58.9 Å². The number of aryl methyl sites for hydroxylation is 1. The van der Waals surface area contributed by atoms with E-state index in [4.69, 9.17) is 0 Å². The summed E-state index contributed by atoms with van der Waals surface area (Å²) in [7, 11) is 0. The lowest BCUT2D eigenvalue weighted by atomic mass is 10.1. The number of para-hydroxylation sites is 1. The molecule has 4 heteroatoms. The maximum atomic E-state index is 12.3. The molecular weight excluding hydrogens is 286 g/mol. The molecule has 2 aromatic rings. The third kappa shape index (κ3) is 4.11. The van der Waals surface area contributed by atoms with E-state index in [1.54, 1.807) is 0 Å². The minimum Gasteiger partial charge on any atom is -0.361 e. The number of carbonyl (C=O) groups excluding carboxylic acids is 1. The lowest BCUT2D eigenvalue weighted by Gasteiger charge is -2.23. The van der Waals surface area contributed by atoms with Gasteiger partial charge in [0, 0.05) is 31.9 Å². The van der Waals surface area contributed by atoms with E-state index in [0.717, 1.165) is 30.9 Å². The van der Waals surface area contributed by atoms with Crippen molar-refractivity contribution in [2.75, 3.05) is 24.5 Å². The molecule has 1 aliphatic heterocycles. The first-order valence-corrected chi connectivity index (χ1v) is 8.08. The molecule has 23 heavy (non-hydrogen) atoms. The molecule has 1 aliphatic rings. The van der Waals surface area contributed by atoms with Gasteiger partial charge in [-0.25, -0.2) is 0 Å². The minimum atomic E-state index is 0.0577. The molecule has 0 saturated heterocycles. The van der Waals surface area contributed by atoms with E-state index >= 15 is 0 Å². The van der Waals surface area contributed by atoms with Crippen LogP contribution in [0.3, 0.4) is 0 Å². The standard InChI is InChI=1S/C19H23N3O/c1-15-6-8-16(9-7-15)12-21-19(23)14-22-11-10-20-13-17-4-2-3-5-18(17)22/h2-9,20H,10-14H2,1H3,(H,21,23). The fourth-order valence-corrected chi connectivity index (χ4v) is 2.83. The van der Waals surface area contributed by atoms with Gasteiger partial charge in [-0.15, -0.1) is 0 Å². The number of hydrogen-bond donors (Lipinski definition) is 2. The summed E-state index contributed by atoms with van der Waals surface area (Å²) in [5, 5.41) is 6.41. The predicted molar refractivity (Wildman–Crippen MR) is 93.4 cm³/mol. The van der Waals surface area contributed by atoms with Crippen LogP contribution in [0.15, 0.2) is 48.5 Å². The molecule has 0 bridgehead atoms. The molecule has 0 radical (unpaired) electrons. The quantitative estimate of drug-likeness (QED) is 0.910. The summed E-state index contributed by atoms with van der Waals surface area (Å²) < 4.78 is 0. The summed E-state index contributed by atoms with van der Waals surface area (Å²) in [5.41, 5.74) is 4.76. The first-order valence-electron chi connectivity index (χ1n) is 8.08. The Morgan fingerprint density at radius 2 is 1.96 bits per heavy atom. The number of anilines is 1. The van der Waals surface area contributed by atoms with E-state index in [1.807, 2.05) is 12.1 Å². The van der Waals surface area contributed by atoms with Crippen molar-refractivity contribution in [2.24, 2.45) is 0 Å². The Morgan fingerprint density at radius 3 is 2.78 bits per heavy atom. The molecule has 2 aromatic carbocycles. The van der Waals surface area contributed by atoms with Crippen LogP contribution in [-0.4, -0.2) is 25.5 Å². The van der Waals surface area contributed by atoms with Crippen molar-refractivity contribution in [1.82, 2.24) is 10.6 Å². The third-order valence-electron chi connectivity index (χ3n) is 4.15. The summed E-state index contributed by atoms with van der Waals surface area (Å²) in [4.78, 5) is 14.5. The number of nitrogens with one attached hydrogen (secondary N) is 2. The number of carbonyl (C=O) groups is 1. The van der Waals surface area contributed by atoms with Gasteiger partial charge in [-0.1, -0.05) is 48.0 Å². The SMILES string of the molecule is Cc1ccc(CNC(=O)CN2CCNCc3ccccc32)cc1. The summed E-state index contributed by atoms with van der Waals surface area (Å²) in [6.07, 6.45) is 0. The van der Waals surface area contributed by atoms with Gasteiger partial charge in [0.15, 0.2) is 0 Å². The van der Waals surface area contributed by atoms with Gasteiger partial charge < -0.3 is 15.5 Å². The summed E-state index contributed by atoms with van der Waals surface area (Å²) in [6.45, 7) is 5.62. The second-order valence-electron chi connectivity index (χ2n) is 5.99. The lowest BCUT2D eigenvalue weighted by molar-refractivity contribution is -0.119. The molecule has 0 spiro atoms. The summed E-state index contributed by atoms with van der Waals surface area (Å²) in [6, 6.07) is 16.5. The maximum Gasteiger partial charge on any atom is 0.239 e. The van der Waals surface area contributed by atoms with Crippen molar-refractivity contribution in [2.45, 2.75) is 20.0 Å². The average Bonchev–Trinajstić information content (AvgIpc) is 2.77. The van der Waals surface area contributed by atoms with Gasteiger partial charge in [0.25, 0.3) is 0 Å². The smallest absolute Gasteiger partial charge is 0.239 e. The average molecular weight is 309 g/mol. The monoisotopic (exact) mass is 309 g/mol. The topological polar surface area (TPSA) is 44.4 Å². The van der Waals surface area contributed by atoms with E-state index < -0.39 is 0 Å². The molecule has 1 heterocycles. The lowest BCUT2D eigenvalue weighted by Crippen LogP contribution is -2.39. The zero-order chi connectivity index (χ0) is 16.1. The normalized spacial score (nSPS) is 14.0. The van der Waals surface area contributed by atoms with Gasteiger partial charge in [0.2, 0.25) is 5.91 Å². The fraction of sp³-hybridized carbons (Fsp3) is 0.316. The van der Waals surface area contributed by atoms with Gasteiger partial charge in [-0.2, -0.15) is 0 Å². The summed E-state index contributed by atoms with van der Waals surface area (Å²) >= 11 is 0. The van der Waals surface area contributed by atoms with E-state index in [0.29, 0.717) is 13.1 Å². The van der Waals surface area contributed by atoms with Crippen LogP contribution in [0.25, 0.3) is 0 Å². The van der Waals surface area contributed by atoms with Crippen molar-refractivity contribution in [3.05, 3.63) is 65.2 Å². The molecule has 0 aliphatic carbocycles. The molecule has 1 amide bonds. The van der Waals surface area contributed by atoms with Crippen LogP contribution in [0.4, 0.5) is 5.69 Å². The largest absolute Gasteiger partial charge is 0.361 e. The van der Waals surface area contributed by atoms with Crippen molar-refractivity contribution in [1.29, 1.82) is 0 Å². The second kappa shape index (κ2) is 7.29. The molecule has 3 rings (SSSR count). The molecule has 4 nitrogen and oxygen atoms in total. The number of rotatable bonds is 4. The molecule has 0 fully saturated rings. The van der Waals surface area contributed by atoms with Gasteiger partial charge in [-0.3, -0.25) is 4.79 Å². The van der Waals surface area contributed by atoms with Crippen LogP contribution < -0.4 is 15.5 Å². The van der Waals surface area contributed by atoms with Crippen molar-refractivity contribution >= 4 is 11.6 Å². The van der Waals surface area contributed by atoms with E-state index in [-0.39, 0.29) is 5.91 Å². The van der Waals surface area contributed by atoms with Crippen molar-refractivity contribution < 1.29 is 4.79 Å². The van der Waals surface area contributed by atoms with Gasteiger partial charge in [-0.05, 0) is 24.1 Å². The molecule has 0 unspecified atom stereocenters. The highest BCUT2D eigenvalue weighted by molar-refractivity contribution is 5.81. The Morgan fingerprint density at radius 1 is 1.17 bits per heavy atom. The first kappa shape index (κ1) is 15.6. The number of hydrogen-bond acceptors (Lipinski definition) is 3. The van der Waals surface area contributed by atoms with Crippen LogP contribution in [0.1, 0.15) is 16.7 Å². The van der Waals surface area contributed by atoms with Crippen molar-refractivity contribution in [3.8, 4) is 0 Å². The number of amides is 1. The number of benzene rings is 2. The maximum absolute atomic E-state index is 12.3.